The number of carbonyl (C=O) groups is 1. The molecule has 0 spiro atoms. The molecule has 1 aromatic heterocycles. The molecule has 0 unspecified atom stereocenters. The van der Waals surface area contributed by atoms with Crippen molar-refractivity contribution in [1.29, 1.82) is 0 Å². The van der Waals surface area contributed by atoms with Crippen LogP contribution in [0.4, 0.5) is 5.69 Å². The first kappa shape index (κ1) is 13.8. The highest BCUT2D eigenvalue weighted by Gasteiger charge is 2.18. The predicted octanol–water partition coefficient (Wildman–Crippen LogP) is 3.30. The largest absolute Gasteiger partial charge is 0.477 e. The molecule has 2 aromatic carbocycles. The molecule has 3 aromatic rings. The van der Waals surface area contributed by atoms with Gasteiger partial charge in [-0.1, -0.05) is 36.4 Å². The molecule has 0 saturated carbocycles. The van der Waals surface area contributed by atoms with Crippen molar-refractivity contribution in [3.8, 4) is 0 Å². The number of hydrogen-bond acceptors (Lipinski definition) is 3. The lowest BCUT2D eigenvalue weighted by Crippen LogP contribution is -2.10. The molecular weight excluding hydrogens is 284 g/mol. The second-order valence-corrected chi connectivity index (χ2v) is 4.87. The third kappa shape index (κ3) is 2.31. The maximum absolute atomic E-state index is 11.4. The molecule has 0 amide bonds. The quantitative estimate of drug-likeness (QED) is 0.591. The van der Waals surface area contributed by atoms with Crippen LogP contribution in [0, 0.1) is 10.1 Å². The topological polar surface area (TPSA) is 85.4 Å². The van der Waals surface area contributed by atoms with E-state index in [9.17, 15) is 20.0 Å². The molecule has 3 rings (SSSR count). The number of aromatic carboxylic acids is 1. The molecular formula is C16H12N2O4. The van der Waals surface area contributed by atoms with Crippen LogP contribution >= 0.6 is 0 Å². The summed E-state index contributed by atoms with van der Waals surface area (Å²) in [7, 11) is 0. The number of nitro groups is 1. The number of rotatable bonds is 4. The van der Waals surface area contributed by atoms with Gasteiger partial charge in [-0.15, -0.1) is 0 Å². The van der Waals surface area contributed by atoms with Crippen LogP contribution in [0.1, 0.15) is 16.1 Å². The number of fused-ring (bicyclic) bond motifs is 1. The molecule has 1 heterocycles. The Balaban J connectivity index is 2.17. The maximum Gasteiger partial charge on any atom is 0.352 e. The molecule has 6 nitrogen and oxygen atoms in total. The van der Waals surface area contributed by atoms with Crippen LogP contribution in [0.15, 0.2) is 54.6 Å². The predicted molar refractivity (Wildman–Crippen MR) is 81.1 cm³/mol. The van der Waals surface area contributed by atoms with E-state index >= 15 is 0 Å². The lowest BCUT2D eigenvalue weighted by molar-refractivity contribution is -0.385. The summed E-state index contributed by atoms with van der Waals surface area (Å²) in [6, 6.07) is 15.2. The van der Waals surface area contributed by atoms with Gasteiger partial charge in [-0.25, -0.2) is 4.79 Å². The van der Waals surface area contributed by atoms with Crippen molar-refractivity contribution >= 4 is 22.6 Å². The summed E-state index contributed by atoms with van der Waals surface area (Å²) in [5.74, 6) is -1.06. The molecule has 0 aliphatic heterocycles. The first-order valence-electron chi connectivity index (χ1n) is 6.62. The van der Waals surface area contributed by atoms with Crippen molar-refractivity contribution in [3.63, 3.8) is 0 Å². The Labute approximate surface area is 125 Å². The van der Waals surface area contributed by atoms with Gasteiger partial charge in [0.05, 0.1) is 11.5 Å². The fourth-order valence-corrected chi connectivity index (χ4v) is 2.55. The van der Waals surface area contributed by atoms with E-state index in [1.54, 1.807) is 34.9 Å². The van der Waals surface area contributed by atoms with E-state index in [2.05, 4.69) is 0 Å². The molecule has 110 valence electrons. The zero-order valence-electron chi connectivity index (χ0n) is 11.5. The molecule has 0 saturated heterocycles. The Kier molecular flexibility index (Phi) is 3.34. The van der Waals surface area contributed by atoms with Gasteiger partial charge < -0.3 is 9.67 Å². The number of aromatic nitrogens is 1. The second kappa shape index (κ2) is 5.33. The van der Waals surface area contributed by atoms with Gasteiger partial charge in [0.25, 0.3) is 5.69 Å². The van der Waals surface area contributed by atoms with Crippen molar-refractivity contribution in [1.82, 2.24) is 4.57 Å². The van der Waals surface area contributed by atoms with Crippen molar-refractivity contribution in [3.05, 3.63) is 76.0 Å². The van der Waals surface area contributed by atoms with Crippen LogP contribution in [0.5, 0.6) is 0 Å². The van der Waals surface area contributed by atoms with Crippen molar-refractivity contribution in [2.75, 3.05) is 0 Å². The highest BCUT2D eigenvalue weighted by atomic mass is 16.6. The number of nitrogens with zero attached hydrogens (tertiary/aromatic N) is 2. The Hall–Kier alpha value is -3.15. The summed E-state index contributed by atoms with van der Waals surface area (Å²) in [6.45, 7) is 0.131. The van der Waals surface area contributed by atoms with E-state index in [1.165, 1.54) is 6.07 Å². The number of hydrogen-bond donors (Lipinski definition) is 1. The molecule has 0 aliphatic carbocycles. The zero-order chi connectivity index (χ0) is 15.7. The lowest BCUT2D eigenvalue weighted by atomic mass is 10.1. The van der Waals surface area contributed by atoms with Gasteiger partial charge in [0, 0.05) is 22.5 Å². The highest BCUT2D eigenvalue weighted by Crippen LogP contribution is 2.25. The first-order chi connectivity index (χ1) is 10.6. The van der Waals surface area contributed by atoms with Gasteiger partial charge in [0.2, 0.25) is 0 Å². The van der Waals surface area contributed by atoms with Crippen molar-refractivity contribution in [2.45, 2.75) is 6.54 Å². The van der Waals surface area contributed by atoms with Gasteiger partial charge in [0.1, 0.15) is 5.69 Å². The summed E-state index contributed by atoms with van der Waals surface area (Å²) < 4.78 is 1.58. The van der Waals surface area contributed by atoms with Gasteiger partial charge in [0.15, 0.2) is 0 Å². The third-order valence-electron chi connectivity index (χ3n) is 3.55. The molecule has 22 heavy (non-hydrogen) atoms. The minimum atomic E-state index is -1.06. The van der Waals surface area contributed by atoms with Crippen LogP contribution < -0.4 is 0 Å². The van der Waals surface area contributed by atoms with Crippen molar-refractivity contribution < 1.29 is 14.8 Å². The number of carboxylic acid groups (broad SMARTS) is 1. The summed E-state index contributed by atoms with van der Waals surface area (Å²) in [4.78, 5) is 22.1. The van der Waals surface area contributed by atoms with Crippen LogP contribution in [-0.4, -0.2) is 20.6 Å². The van der Waals surface area contributed by atoms with Gasteiger partial charge >= 0.3 is 5.97 Å². The average molecular weight is 296 g/mol. The minimum absolute atomic E-state index is 0.0170. The molecule has 1 N–H and O–H groups in total. The van der Waals surface area contributed by atoms with Gasteiger partial charge in [-0.05, 0) is 12.1 Å². The first-order valence-corrected chi connectivity index (χ1v) is 6.62. The van der Waals surface area contributed by atoms with Crippen molar-refractivity contribution in [2.24, 2.45) is 0 Å². The summed E-state index contributed by atoms with van der Waals surface area (Å²) in [5, 5.41) is 21.3. The zero-order valence-corrected chi connectivity index (χ0v) is 11.5. The normalized spacial score (nSPS) is 10.7. The van der Waals surface area contributed by atoms with E-state index in [1.807, 2.05) is 18.2 Å². The number of benzene rings is 2. The van der Waals surface area contributed by atoms with E-state index in [0.29, 0.717) is 5.56 Å². The summed E-state index contributed by atoms with van der Waals surface area (Å²) in [6.07, 6.45) is 0. The number of para-hydroxylation sites is 2. The highest BCUT2D eigenvalue weighted by molar-refractivity contribution is 5.94. The molecule has 6 heteroatoms. The summed E-state index contributed by atoms with van der Waals surface area (Å²) >= 11 is 0. The summed E-state index contributed by atoms with van der Waals surface area (Å²) in [5.41, 5.74) is 1.30. The Morgan fingerprint density at radius 3 is 2.55 bits per heavy atom. The molecule has 0 fully saturated rings. The van der Waals surface area contributed by atoms with Crippen LogP contribution in [0.25, 0.3) is 10.9 Å². The Morgan fingerprint density at radius 2 is 1.82 bits per heavy atom. The molecule has 0 aliphatic rings. The fraction of sp³-hybridized carbons (Fsp3) is 0.0625. The molecule has 0 atom stereocenters. The van der Waals surface area contributed by atoms with Gasteiger partial charge in [-0.3, -0.25) is 10.1 Å². The van der Waals surface area contributed by atoms with E-state index in [4.69, 9.17) is 0 Å². The molecule has 0 bridgehead atoms. The average Bonchev–Trinajstić information content (AvgIpc) is 2.87. The van der Waals surface area contributed by atoms with Crippen LogP contribution in [0.3, 0.4) is 0 Å². The Bertz CT molecular complexity index is 883. The monoisotopic (exact) mass is 296 g/mol. The standard InChI is InChI=1S/C16H12N2O4/c19-16(20)15-9-11-5-1-3-7-13(11)17(15)10-12-6-2-4-8-14(12)18(21)22/h1-9H,10H2,(H,19,20). The third-order valence-corrected chi connectivity index (χ3v) is 3.55. The van der Waals surface area contributed by atoms with Crippen LogP contribution in [0.2, 0.25) is 0 Å². The SMILES string of the molecule is O=C(O)c1cc2ccccc2n1Cc1ccccc1[N+](=O)[O-]. The molecule has 0 radical (unpaired) electrons. The van der Waals surface area contributed by atoms with E-state index < -0.39 is 10.9 Å². The fourth-order valence-electron chi connectivity index (χ4n) is 2.55. The second-order valence-electron chi connectivity index (χ2n) is 4.87. The smallest absolute Gasteiger partial charge is 0.352 e. The van der Waals surface area contributed by atoms with E-state index in [0.717, 1.165) is 10.9 Å². The van der Waals surface area contributed by atoms with Crippen LogP contribution in [-0.2, 0) is 6.54 Å². The maximum atomic E-state index is 11.4. The van der Waals surface area contributed by atoms with E-state index in [-0.39, 0.29) is 17.9 Å². The lowest BCUT2D eigenvalue weighted by Gasteiger charge is -2.09. The number of nitro benzene ring substituents is 1. The Morgan fingerprint density at radius 1 is 1.14 bits per heavy atom. The van der Waals surface area contributed by atoms with Gasteiger partial charge in [-0.2, -0.15) is 0 Å². The minimum Gasteiger partial charge on any atom is -0.477 e. The number of carboxylic acids is 1.